The molecule has 3 rings (SSSR count). The van der Waals surface area contributed by atoms with Crippen LogP contribution in [0.1, 0.15) is 27.7 Å². The van der Waals surface area contributed by atoms with Gasteiger partial charge in [0.15, 0.2) is 0 Å². The topological polar surface area (TPSA) is 40.6 Å². The van der Waals surface area contributed by atoms with Gasteiger partial charge in [-0.15, -0.1) is 0 Å². The van der Waals surface area contributed by atoms with Gasteiger partial charge < -0.3 is 14.0 Å². The van der Waals surface area contributed by atoms with Crippen LogP contribution in [0.15, 0.2) is 30.5 Å². The Balaban J connectivity index is 2.14. The van der Waals surface area contributed by atoms with E-state index in [2.05, 4.69) is 4.98 Å². The molecule has 4 nitrogen and oxygen atoms in total. The van der Waals surface area contributed by atoms with Gasteiger partial charge in [-0.2, -0.15) is 0 Å². The predicted octanol–water partition coefficient (Wildman–Crippen LogP) is 2.54. The quantitative estimate of drug-likeness (QED) is 0.795. The summed E-state index contributed by atoms with van der Waals surface area (Å²) in [6.07, 6.45) is 1.78. The van der Waals surface area contributed by atoms with Crippen molar-refractivity contribution in [2.75, 3.05) is 7.11 Å². The lowest BCUT2D eigenvalue weighted by atomic mass is 9.77. The Morgan fingerprint density at radius 1 is 1.05 bits per heavy atom. The number of methoxy groups -OCH3 is 1. The summed E-state index contributed by atoms with van der Waals surface area (Å²) < 4.78 is 17.8. The van der Waals surface area contributed by atoms with E-state index in [-0.39, 0.29) is 11.2 Å². The average Bonchev–Trinajstić information content (AvgIpc) is 2.66. The van der Waals surface area contributed by atoms with Crippen molar-refractivity contribution in [3.05, 3.63) is 30.5 Å². The number of pyridine rings is 1. The van der Waals surface area contributed by atoms with Crippen molar-refractivity contribution in [2.45, 2.75) is 38.9 Å². The summed E-state index contributed by atoms with van der Waals surface area (Å²) in [6, 6.07) is 7.76. The highest BCUT2D eigenvalue weighted by Gasteiger charge is 2.52. The monoisotopic (exact) mass is 285 g/mol. The summed E-state index contributed by atoms with van der Waals surface area (Å²) in [7, 11) is 1.24. The minimum atomic E-state index is -0.420. The maximum Gasteiger partial charge on any atom is 0.495 e. The molecule has 110 valence electrons. The van der Waals surface area contributed by atoms with E-state index in [0.29, 0.717) is 0 Å². The fourth-order valence-electron chi connectivity index (χ4n) is 2.54. The van der Waals surface area contributed by atoms with Crippen molar-refractivity contribution in [2.24, 2.45) is 0 Å². The molecule has 1 saturated heterocycles. The molecule has 0 bridgehead atoms. The van der Waals surface area contributed by atoms with Gasteiger partial charge in [0.2, 0.25) is 0 Å². The number of benzene rings is 1. The lowest BCUT2D eigenvalue weighted by molar-refractivity contribution is 0.00578. The van der Waals surface area contributed by atoms with Crippen LogP contribution in [0.25, 0.3) is 10.9 Å². The number of rotatable bonds is 2. The molecule has 21 heavy (non-hydrogen) atoms. The van der Waals surface area contributed by atoms with Crippen molar-refractivity contribution >= 4 is 23.5 Å². The molecule has 1 aromatic heterocycles. The third kappa shape index (κ3) is 2.21. The van der Waals surface area contributed by atoms with E-state index in [4.69, 9.17) is 14.0 Å². The number of hydrogen-bond acceptors (Lipinski definition) is 4. The van der Waals surface area contributed by atoms with Crippen LogP contribution in [0.4, 0.5) is 0 Å². The Hall–Kier alpha value is -1.59. The molecule has 0 N–H and O–H groups in total. The van der Waals surface area contributed by atoms with Crippen molar-refractivity contribution in [1.29, 1.82) is 0 Å². The minimum Gasteiger partial charge on any atom is -0.496 e. The predicted molar refractivity (Wildman–Crippen MR) is 84.0 cm³/mol. The molecule has 0 amide bonds. The van der Waals surface area contributed by atoms with E-state index in [1.165, 1.54) is 0 Å². The fourth-order valence-corrected chi connectivity index (χ4v) is 2.54. The molecule has 5 heteroatoms. The van der Waals surface area contributed by atoms with E-state index in [9.17, 15) is 0 Å². The van der Waals surface area contributed by atoms with Crippen LogP contribution in [0.5, 0.6) is 5.75 Å². The summed E-state index contributed by atoms with van der Waals surface area (Å²) in [5.74, 6) is 0.783. The van der Waals surface area contributed by atoms with E-state index < -0.39 is 7.12 Å². The van der Waals surface area contributed by atoms with Crippen LogP contribution in [0.3, 0.4) is 0 Å². The normalized spacial score (nSPS) is 20.0. The Morgan fingerprint density at radius 3 is 2.33 bits per heavy atom. The maximum atomic E-state index is 6.15. The molecule has 1 aliphatic heterocycles. The van der Waals surface area contributed by atoms with Crippen LogP contribution >= 0.6 is 0 Å². The molecule has 2 heterocycles. The van der Waals surface area contributed by atoms with Gasteiger partial charge in [0.25, 0.3) is 0 Å². The van der Waals surface area contributed by atoms with Crippen molar-refractivity contribution < 1.29 is 14.0 Å². The summed E-state index contributed by atoms with van der Waals surface area (Å²) in [5.41, 5.74) is 1.10. The molecule has 1 aromatic carbocycles. The van der Waals surface area contributed by atoms with Gasteiger partial charge in [0.05, 0.1) is 23.8 Å². The molecule has 0 unspecified atom stereocenters. The minimum absolute atomic E-state index is 0.366. The van der Waals surface area contributed by atoms with Gasteiger partial charge in [-0.1, -0.05) is 6.07 Å². The summed E-state index contributed by atoms with van der Waals surface area (Å²) in [4.78, 5) is 4.40. The third-order valence-corrected chi connectivity index (χ3v) is 4.49. The molecule has 2 aromatic rings. The number of aromatic nitrogens is 1. The van der Waals surface area contributed by atoms with Crippen molar-refractivity contribution in [3.63, 3.8) is 0 Å². The van der Waals surface area contributed by atoms with Crippen LogP contribution in [-0.2, 0) is 9.31 Å². The van der Waals surface area contributed by atoms with Crippen LogP contribution in [0.2, 0.25) is 0 Å². The lowest BCUT2D eigenvalue weighted by Gasteiger charge is -2.32. The molecule has 0 atom stereocenters. The first-order chi connectivity index (χ1) is 9.86. The fraction of sp³-hybridized carbons (Fsp3) is 0.438. The maximum absolute atomic E-state index is 6.15. The Kier molecular flexibility index (Phi) is 3.22. The van der Waals surface area contributed by atoms with E-state index in [1.807, 2.05) is 52.0 Å². The Morgan fingerprint density at radius 2 is 1.71 bits per heavy atom. The molecule has 1 aliphatic rings. The second-order valence-corrected chi connectivity index (χ2v) is 6.34. The van der Waals surface area contributed by atoms with Gasteiger partial charge in [-0.25, -0.2) is 0 Å². The zero-order chi connectivity index (χ0) is 15.3. The van der Waals surface area contributed by atoms with Crippen LogP contribution in [0, 0.1) is 0 Å². The average molecular weight is 285 g/mol. The molecular weight excluding hydrogens is 265 g/mol. The van der Waals surface area contributed by atoms with Crippen LogP contribution in [-0.4, -0.2) is 30.4 Å². The van der Waals surface area contributed by atoms with Crippen molar-refractivity contribution in [3.8, 4) is 5.75 Å². The number of hydrogen-bond donors (Lipinski definition) is 0. The van der Waals surface area contributed by atoms with Gasteiger partial charge in [-0.05, 0) is 51.4 Å². The van der Waals surface area contributed by atoms with E-state index >= 15 is 0 Å². The van der Waals surface area contributed by atoms with Gasteiger partial charge in [0, 0.05) is 11.6 Å². The highest BCUT2D eigenvalue weighted by molar-refractivity contribution is 6.65. The first-order valence-corrected chi connectivity index (χ1v) is 7.13. The first-order valence-electron chi connectivity index (χ1n) is 7.13. The smallest absolute Gasteiger partial charge is 0.495 e. The van der Waals surface area contributed by atoms with Gasteiger partial charge >= 0.3 is 7.12 Å². The second kappa shape index (κ2) is 4.72. The Labute approximate surface area is 125 Å². The van der Waals surface area contributed by atoms with Gasteiger partial charge in [-0.3, -0.25) is 4.98 Å². The summed E-state index contributed by atoms with van der Waals surface area (Å²) in [6.45, 7) is 8.20. The largest absolute Gasteiger partial charge is 0.496 e. The summed E-state index contributed by atoms with van der Waals surface area (Å²) >= 11 is 0. The van der Waals surface area contributed by atoms with Crippen LogP contribution < -0.4 is 10.2 Å². The van der Waals surface area contributed by atoms with Crippen molar-refractivity contribution in [1.82, 2.24) is 4.98 Å². The Bertz CT molecular complexity index is 663. The number of nitrogens with zero attached hydrogens (tertiary/aromatic N) is 1. The third-order valence-electron chi connectivity index (χ3n) is 4.49. The second-order valence-electron chi connectivity index (χ2n) is 6.34. The zero-order valence-electron chi connectivity index (χ0n) is 13.1. The first kappa shape index (κ1) is 14.4. The highest BCUT2D eigenvalue weighted by atomic mass is 16.7. The standard InChI is InChI=1S/C16H20BNO3/c1-15(2)16(3,4)21-17(20-15)11-9-10-18-12-7-6-8-13(19-5)14(11)12/h6-10H,1-5H3. The van der Waals surface area contributed by atoms with E-state index in [0.717, 1.165) is 22.1 Å². The van der Waals surface area contributed by atoms with Gasteiger partial charge in [0.1, 0.15) is 5.75 Å². The highest BCUT2D eigenvalue weighted by Crippen LogP contribution is 2.37. The molecular formula is C16H20BNO3. The molecule has 0 radical (unpaired) electrons. The lowest BCUT2D eigenvalue weighted by Crippen LogP contribution is -2.41. The molecule has 0 aliphatic carbocycles. The molecule has 1 fully saturated rings. The number of ether oxygens (including phenoxy) is 1. The summed E-state index contributed by atoms with van der Waals surface area (Å²) in [5, 5.41) is 0.945. The number of fused-ring (bicyclic) bond motifs is 1. The molecule has 0 saturated carbocycles. The van der Waals surface area contributed by atoms with E-state index in [1.54, 1.807) is 13.3 Å². The zero-order valence-corrected chi connectivity index (χ0v) is 13.1. The SMILES string of the molecule is COc1cccc2nccc(B3OC(C)(C)C(C)(C)O3)c12. The molecule has 0 spiro atoms.